The summed E-state index contributed by atoms with van der Waals surface area (Å²) >= 11 is 0. The van der Waals surface area contributed by atoms with Crippen LogP contribution >= 0.6 is 0 Å². The van der Waals surface area contributed by atoms with E-state index in [1.54, 1.807) is 6.20 Å². The Morgan fingerprint density at radius 2 is 1.68 bits per heavy atom. The number of nitrogens with one attached hydrogen (secondary N) is 1. The maximum atomic E-state index is 12.6. The summed E-state index contributed by atoms with van der Waals surface area (Å²) in [6.45, 7) is 6.68. The van der Waals surface area contributed by atoms with Gasteiger partial charge in [-0.1, -0.05) is 49.2 Å². The molecule has 1 saturated heterocycles. The van der Waals surface area contributed by atoms with Crippen LogP contribution in [-0.4, -0.2) is 33.4 Å². The van der Waals surface area contributed by atoms with Crippen molar-refractivity contribution in [3.05, 3.63) is 89.0 Å². The minimum atomic E-state index is -0.0386. The molecular formula is C26H32N4O. The van der Waals surface area contributed by atoms with E-state index in [1.165, 1.54) is 44.3 Å². The first-order valence-electron chi connectivity index (χ1n) is 11.3. The Kier molecular flexibility index (Phi) is 7.15. The molecule has 1 aliphatic rings. The monoisotopic (exact) mass is 416 g/mol. The molecule has 0 radical (unpaired) electrons. The smallest absolute Gasteiger partial charge is 0.251 e. The number of nitrogens with zero attached hydrogens (tertiary/aromatic N) is 3. The van der Waals surface area contributed by atoms with Crippen LogP contribution in [0.25, 0.3) is 0 Å². The zero-order valence-electron chi connectivity index (χ0n) is 18.4. The van der Waals surface area contributed by atoms with Gasteiger partial charge in [0.2, 0.25) is 0 Å². The highest BCUT2D eigenvalue weighted by Gasteiger charge is 2.10. The number of rotatable bonds is 7. The van der Waals surface area contributed by atoms with Crippen LogP contribution in [0.4, 0.5) is 0 Å². The lowest BCUT2D eigenvalue weighted by atomic mass is 10.1. The lowest BCUT2D eigenvalue weighted by Gasteiger charge is -2.20. The van der Waals surface area contributed by atoms with Crippen molar-refractivity contribution in [3.63, 3.8) is 0 Å². The lowest BCUT2D eigenvalue weighted by Crippen LogP contribution is -2.24. The fourth-order valence-electron chi connectivity index (χ4n) is 4.20. The minimum Gasteiger partial charge on any atom is -0.348 e. The van der Waals surface area contributed by atoms with Gasteiger partial charge < -0.3 is 9.88 Å². The van der Waals surface area contributed by atoms with E-state index in [4.69, 9.17) is 0 Å². The van der Waals surface area contributed by atoms with Gasteiger partial charge in [0.15, 0.2) is 0 Å². The topological polar surface area (TPSA) is 50.2 Å². The molecule has 0 atom stereocenters. The first-order valence-corrected chi connectivity index (χ1v) is 11.3. The van der Waals surface area contributed by atoms with Crippen LogP contribution in [0.15, 0.2) is 60.9 Å². The highest BCUT2D eigenvalue weighted by Crippen LogP contribution is 2.15. The SMILES string of the molecule is Cc1nccn1Cc1ccc(C(=O)NCc2cccc(CN3CCCCCC3)c2)cc1. The van der Waals surface area contributed by atoms with Crippen molar-refractivity contribution in [1.82, 2.24) is 19.8 Å². The second-order valence-electron chi connectivity index (χ2n) is 8.49. The fourth-order valence-corrected chi connectivity index (χ4v) is 4.20. The number of hydrogen-bond donors (Lipinski definition) is 1. The van der Waals surface area contributed by atoms with E-state index in [2.05, 4.69) is 44.0 Å². The van der Waals surface area contributed by atoms with Crippen molar-refractivity contribution in [2.24, 2.45) is 0 Å². The number of imidazole rings is 1. The van der Waals surface area contributed by atoms with Crippen LogP contribution in [0.3, 0.4) is 0 Å². The Morgan fingerprint density at radius 1 is 0.935 bits per heavy atom. The average molecular weight is 417 g/mol. The molecule has 0 saturated carbocycles. The average Bonchev–Trinajstić information content (AvgIpc) is 3.02. The van der Waals surface area contributed by atoms with Crippen LogP contribution in [-0.2, 0) is 19.6 Å². The van der Waals surface area contributed by atoms with Gasteiger partial charge in [0.1, 0.15) is 5.82 Å². The molecule has 31 heavy (non-hydrogen) atoms. The van der Waals surface area contributed by atoms with Crippen molar-refractivity contribution in [3.8, 4) is 0 Å². The van der Waals surface area contributed by atoms with Crippen LogP contribution in [0.2, 0.25) is 0 Å². The van der Waals surface area contributed by atoms with Gasteiger partial charge in [0, 0.05) is 37.6 Å². The summed E-state index contributed by atoms with van der Waals surface area (Å²) < 4.78 is 2.09. The van der Waals surface area contributed by atoms with E-state index in [0.717, 1.165) is 30.0 Å². The maximum absolute atomic E-state index is 12.6. The number of likely N-dealkylation sites (tertiary alicyclic amines) is 1. The van der Waals surface area contributed by atoms with E-state index in [9.17, 15) is 4.79 Å². The predicted molar refractivity (Wildman–Crippen MR) is 124 cm³/mol. The summed E-state index contributed by atoms with van der Waals surface area (Å²) in [4.78, 5) is 19.4. The molecule has 5 nitrogen and oxygen atoms in total. The third kappa shape index (κ3) is 6.05. The Balaban J connectivity index is 1.30. The van der Waals surface area contributed by atoms with Gasteiger partial charge in [-0.05, 0) is 61.7 Å². The van der Waals surface area contributed by atoms with Gasteiger partial charge >= 0.3 is 0 Å². The zero-order chi connectivity index (χ0) is 21.5. The van der Waals surface area contributed by atoms with Gasteiger partial charge in [-0.25, -0.2) is 4.98 Å². The predicted octanol–water partition coefficient (Wildman–Crippen LogP) is 4.55. The quantitative estimate of drug-likeness (QED) is 0.615. The number of amides is 1. The summed E-state index contributed by atoms with van der Waals surface area (Å²) in [6.07, 6.45) is 9.09. The van der Waals surface area contributed by atoms with Crippen LogP contribution in [0, 0.1) is 6.92 Å². The minimum absolute atomic E-state index is 0.0386. The van der Waals surface area contributed by atoms with Crippen molar-refractivity contribution in [2.45, 2.75) is 52.2 Å². The zero-order valence-corrected chi connectivity index (χ0v) is 18.4. The fraction of sp³-hybridized carbons (Fsp3) is 0.385. The summed E-state index contributed by atoms with van der Waals surface area (Å²) in [5.41, 5.74) is 4.31. The molecule has 1 fully saturated rings. The number of aromatic nitrogens is 2. The molecule has 3 aromatic rings. The molecule has 0 bridgehead atoms. The molecule has 162 valence electrons. The Labute approximate surface area is 185 Å². The molecule has 4 rings (SSSR count). The molecule has 1 N–H and O–H groups in total. The standard InChI is InChI=1S/C26H32N4O/c1-21-27-13-16-30(21)20-22-9-11-25(12-10-22)26(31)28-18-23-7-6-8-24(17-23)19-29-14-4-2-3-5-15-29/h6-13,16-17H,2-5,14-15,18-20H2,1H3,(H,28,31). The van der Waals surface area contributed by atoms with Crippen molar-refractivity contribution in [2.75, 3.05) is 13.1 Å². The molecule has 0 spiro atoms. The van der Waals surface area contributed by atoms with Crippen LogP contribution in [0.5, 0.6) is 0 Å². The van der Waals surface area contributed by atoms with Crippen LogP contribution in [0.1, 0.15) is 58.6 Å². The summed E-state index contributed by atoms with van der Waals surface area (Å²) in [6, 6.07) is 16.4. The molecule has 1 amide bonds. The van der Waals surface area contributed by atoms with Gasteiger partial charge in [0.25, 0.3) is 5.91 Å². The number of aryl methyl sites for hydroxylation is 1. The summed E-state index contributed by atoms with van der Waals surface area (Å²) in [5, 5.41) is 3.06. The molecule has 5 heteroatoms. The van der Waals surface area contributed by atoms with Crippen LogP contribution < -0.4 is 5.32 Å². The number of hydrogen-bond acceptors (Lipinski definition) is 3. The highest BCUT2D eigenvalue weighted by atomic mass is 16.1. The van der Waals surface area contributed by atoms with E-state index < -0.39 is 0 Å². The first-order chi connectivity index (χ1) is 15.2. The number of benzene rings is 2. The van der Waals surface area contributed by atoms with E-state index in [0.29, 0.717) is 12.1 Å². The number of carbonyl (C=O) groups is 1. The van der Waals surface area contributed by atoms with Gasteiger partial charge in [-0.3, -0.25) is 9.69 Å². The molecular weight excluding hydrogens is 384 g/mol. The lowest BCUT2D eigenvalue weighted by molar-refractivity contribution is 0.0951. The van der Waals surface area contributed by atoms with Crippen molar-refractivity contribution < 1.29 is 4.79 Å². The van der Waals surface area contributed by atoms with Crippen molar-refractivity contribution in [1.29, 1.82) is 0 Å². The Morgan fingerprint density at radius 3 is 2.39 bits per heavy atom. The second-order valence-corrected chi connectivity index (χ2v) is 8.49. The Bertz CT molecular complexity index is 985. The number of carbonyl (C=O) groups excluding carboxylic acids is 1. The second kappa shape index (κ2) is 10.4. The highest BCUT2D eigenvalue weighted by molar-refractivity contribution is 5.94. The largest absolute Gasteiger partial charge is 0.348 e. The third-order valence-electron chi connectivity index (χ3n) is 6.04. The summed E-state index contributed by atoms with van der Waals surface area (Å²) in [5.74, 6) is 0.947. The van der Waals surface area contributed by atoms with E-state index >= 15 is 0 Å². The molecule has 2 aromatic carbocycles. The van der Waals surface area contributed by atoms with Gasteiger partial charge in [0.05, 0.1) is 0 Å². The van der Waals surface area contributed by atoms with E-state index in [1.807, 2.05) is 37.4 Å². The molecule has 0 aliphatic carbocycles. The molecule has 2 heterocycles. The van der Waals surface area contributed by atoms with E-state index in [-0.39, 0.29) is 5.91 Å². The molecule has 0 unspecified atom stereocenters. The molecule has 1 aliphatic heterocycles. The maximum Gasteiger partial charge on any atom is 0.251 e. The Hall–Kier alpha value is -2.92. The third-order valence-corrected chi connectivity index (χ3v) is 6.04. The first kappa shape index (κ1) is 21.3. The van der Waals surface area contributed by atoms with Crippen molar-refractivity contribution >= 4 is 5.91 Å². The molecule has 1 aromatic heterocycles. The summed E-state index contributed by atoms with van der Waals surface area (Å²) in [7, 11) is 0. The van der Waals surface area contributed by atoms with Gasteiger partial charge in [-0.15, -0.1) is 0 Å². The normalized spacial score (nSPS) is 14.9. The van der Waals surface area contributed by atoms with Gasteiger partial charge in [-0.2, -0.15) is 0 Å².